The zero-order chi connectivity index (χ0) is 13.2. The van der Waals surface area contributed by atoms with Crippen molar-refractivity contribution in [1.82, 2.24) is 4.98 Å². The van der Waals surface area contributed by atoms with E-state index in [0.717, 1.165) is 22.2 Å². The van der Waals surface area contributed by atoms with Gasteiger partial charge in [-0.3, -0.25) is 0 Å². The van der Waals surface area contributed by atoms with Gasteiger partial charge in [-0.15, -0.1) is 0 Å². The summed E-state index contributed by atoms with van der Waals surface area (Å²) in [7, 11) is 1.62. The van der Waals surface area contributed by atoms with Crippen LogP contribution in [0.2, 0.25) is 0 Å². The van der Waals surface area contributed by atoms with Crippen LogP contribution in [0.15, 0.2) is 54.6 Å². The Morgan fingerprint density at radius 2 is 1.79 bits per heavy atom. The van der Waals surface area contributed by atoms with Gasteiger partial charge in [0.05, 0.1) is 12.6 Å². The number of aromatic hydroxyl groups is 1. The molecule has 0 radical (unpaired) electrons. The van der Waals surface area contributed by atoms with E-state index < -0.39 is 0 Å². The minimum absolute atomic E-state index is 0.184. The predicted molar refractivity (Wildman–Crippen MR) is 75.4 cm³/mol. The highest BCUT2D eigenvalue weighted by Gasteiger charge is 2.08. The molecule has 0 saturated carbocycles. The van der Waals surface area contributed by atoms with Crippen LogP contribution in [0.25, 0.3) is 22.2 Å². The van der Waals surface area contributed by atoms with E-state index in [1.54, 1.807) is 13.2 Å². The van der Waals surface area contributed by atoms with Gasteiger partial charge in [-0.2, -0.15) is 0 Å². The number of pyridine rings is 1. The van der Waals surface area contributed by atoms with Gasteiger partial charge >= 0.3 is 0 Å². The Morgan fingerprint density at radius 1 is 1.00 bits per heavy atom. The summed E-state index contributed by atoms with van der Waals surface area (Å²) in [6, 6.07) is 17.0. The van der Waals surface area contributed by atoms with E-state index >= 15 is 0 Å². The maximum Gasteiger partial charge on any atom is 0.142 e. The highest BCUT2D eigenvalue weighted by molar-refractivity contribution is 5.85. The molecule has 2 aromatic carbocycles. The van der Waals surface area contributed by atoms with E-state index in [4.69, 9.17) is 4.74 Å². The smallest absolute Gasteiger partial charge is 0.142 e. The molecule has 0 fully saturated rings. The van der Waals surface area contributed by atoms with Crippen LogP contribution >= 0.6 is 0 Å². The summed E-state index contributed by atoms with van der Waals surface area (Å²) in [5.74, 6) is 0.938. The second-order valence-corrected chi connectivity index (χ2v) is 4.28. The number of ether oxygens (including phenoxy) is 1. The molecule has 1 heterocycles. The second-order valence-electron chi connectivity index (χ2n) is 4.28. The van der Waals surface area contributed by atoms with Crippen molar-refractivity contribution >= 4 is 10.9 Å². The first-order valence-corrected chi connectivity index (χ1v) is 6.01. The first kappa shape index (κ1) is 11.5. The molecule has 0 saturated heterocycles. The van der Waals surface area contributed by atoms with Crippen LogP contribution in [0.4, 0.5) is 0 Å². The Labute approximate surface area is 111 Å². The van der Waals surface area contributed by atoms with Gasteiger partial charge in [0.1, 0.15) is 17.2 Å². The van der Waals surface area contributed by atoms with Crippen molar-refractivity contribution in [3.05, 3.63) is 54.6 Å². The number of benzene rings is 2. The summed E-state index contributed by atoms with van der Waals surface area (Å²) < 4.78 is 5.20. The Bertz CT molecular complexity index is 723. The quantitative estimate of drug-likeness (QED) is 0.756. The molecule has 0 aliphatic carbocycles. The van der Waals surface area contributed by atoms with Crippen molar-refractivity contribution in [2.24, 2.45) is 0 Å². The number of methoxy groups -OCH3 is 1. The van der Waals surface area contributed by atoms with Crippen molar-refractivity contribution in [3.8, 4) is 22.8 Å². The monoisotopic (exact) mass is 251 g/mol. The second kappa shape index (κ2) is 4.61. The highest BCUT2D eigenvalue weighted by atomic mass is 16.5. The SMILES string of the molecule is COc1ccc2cc(O)c(-c3ccccc3)nc2c1. The molecule has 19 heavy (non-hydrogen) atoms. The molecule has 1 aromatic heterocycles. The fraction of sp³-hybridized carbons (Fsp3) is 0.0625. The van der Waals surface area contributed by atoms with Crippen molar-refractivity contribution in [3.63, 3.8) is 0 Å². The van der Waals surface area contributed by atoms with Gasteiger partial charge in [0.15, 0.2) is 0 Å². The molecule has 3 aromatic rings. The number of rotatable bonds is 2. The van der Waals surface area contributed by atoms with Gasteiger partial charge in [-0.25, -0.2) is 4.98 Å². The van der Waals surface area contributed by atoms with E-state index in [0.29, 0.717) is 5.69 Å². The molecule has 3 heteroatoms. The minimum Gasteiger partial charge on any atom is -0.506 e. The molecular formula is C16H13NO2. The lowest BCUT2D eigenvalue weighted by atomic mass is 10.1. The van der Waals surface area contributed by atoms with E-state index in [-0.39, 0.29) is 5.75 Å². The van der Waals surface area contributed by atoms with Crippen molar-refractivity contribution < 1.29 is 9.84 Å². The molecule has 0 aliphatic heterocycles. The van der Waals surface area contributed by atoms with Crippen LogP contribution in [0.5, 0.6) is 11.5 Å². The third-order valence-electron chi connectivity index (χ3n) is 3.05. The summed E-state index contributed by atoms with van der Waals surface area (Å²) in [5, 5.41) is 11.0. The lowest BCUT2D eigenvalue weighted by molar-refractivity contribution is 0.415. The van der Waals surface area contributed by atoms with Gasteiger partial charge in [0.25, 0.3) is 0 Å². The third kappa shape index (κ3) is 2.10. The van der Waals surface area contributed by atoms with Crippen molar-refractivity contribution in [2.45, 2.75) is 0 Å². The molecule has 3 nitrogen and oxygen atoms in total. The van der Waals surface area contributed by atoms with Gasteiger partial charge < -0.3 is 9.84 Å². The Morgan fingerprint density at radius 3 is 2.53 bits per heavy atom. The zero-order valence-corrected chi connectivity index (χ0v) is 10.5. The maximum atomic E-state index is 10.1. The molecule has 1 N–H and O–H groups in total. The first-order valence-electron chi connectivity index (χ1n) is 6.01. The third-order valence-corrected chi connectivity index (χ3v) is 3.05. The number of aromatic nitrogens is 1. The van der Waals surface area contributed by atoms with Gasteiger partial charge in [-0.1, -0.05) is 30.3 Å². The minimum atomic E-state index is 0.184. The summed E-state index contributed by atoms with van der Waals surface area (Å²) in [6.07, 6.45) is 0. The van der Waals surface area contributed by atoms with Crippen LogP contribution in [0.1, 0.15) is 0 Å². The van der Waals surface area contributed by atoms with E-state index in [1.807, 2.05) is 48.5 Å². The zero-order valence-electron chi connectivity index (χ0n) is 10.5. The molecular weight excluding hydrogens is 238 g/mol. The normalized spacial score (nSPS) is 10.6. The average Bonchev–Trinajstić information content (AvgIpc) is 2.47. The molecule has 94 valence electrons. The van der Waals surface area contributed by atoms with Crippen LogP contribution in [0.3, 0.4) is 0 Å². The van der Waals surface area contributed by atoms with Gasteiger partial charge in [-0.05, 0) is 18.2 Å². The number of hydrogen-bond acceptors (Lipinski definition) is 3. The van der Waals surface area contributed by atoms with Crippen LogP contribution in [-0.2, 0) is 0 Å². The first-order chi connectivity index (χ1) is 9.28. The molecule has 0 amide bonds. The molecule has 0 spiro atoms. The summed E-state index contributed by atoms with van der Waals surface area (Å²) in [5.41, 5.74) is 2.28. The highest BCUT2D eigenvalue weighted by Crippen LogP contribution is 2.31. The average molecular weight is 251 g/mol. The summed E-state index contributed by atoms with van der Waals surface area (Å²) >= 11 is 0. The van der Waals surface area contributed by atoms with E-state index in [1.165, 1.54) is 0 Å². The Kier molecular flexibility index (Phi) is 2.80. The standard InChI is InChI=1S/C16H13NO2/c1-19-13-8-7-12-9-15(18)16(17-14(12)10-13)11-5-3-2-4-6-11/h2-10,18H,1H3. The van der Waals surface area contributed by atoms with E-state index in [2.05, 4.69) is 4.98 Å². The van der Waals surface area contributed by atoms with Crippen LogP contribution < -0.4 is 4.74 Å². The molecule has 0 bridgehead atoms. The van der Waals surface area contributed by atoms with Crippen molar-refractivity contribution in [1.29, 1.82) is 0 Å². The number of hydrogen-bond donors (Lipinski definition) is 1. The number of fused-ring (bicyclic) bond motifs is 1. The number of nitrogens with zero attached hydrogens (tertiary/aromatic N) is 1. The van der Waals surface area contributed by atoms with E-state index in [9.17, 15) is 5.11 Å². The maximum absolute atomic E-state index is 10.1. The Hall–Kier alpha value is -2.55. The fourth-order valence-corrected chi connectivity index (χ4v) is 2.07. The van der Waals surface area contributed by atoms with Gasteiger partial charge in [0.2, 0.25) is 0 Å². The molecule has 0 aliphatic rings. The van der Waals surface area contributed by atoms with Gasteiger partial charge in [0, 0.05) is 17.0 Å². The van der Waals surface area contributed by atoms with Crippen LogP contribution in [-0.4, -0.2) is 17.2 Å². The predicted octanol–water partition coefficient (Wildman–Crippen LogP) is 3.62. The summed E-state index contributed by atoms with van der Waals surface area (Å²) in [6.45, 7) is 0. The molecule has 0 unspecified atom stereocenters. The van der Waals surface area contributed by atoms with Crippen molar-refractivity contribution in [2.75, 3.05) is 7.11 Å². The lowest BCUT2D eigenvalue weighted by Gasteiger charge is -2.07. The molecule has 0 atom stereocenters. The fourth-order valence-electron chi connectivity index (χ4n) is 2.07. The largest absolute Gasteiger partial charge is 0.506 e. The van der Waals surface area contributed by atoms with Crippen LogP contribution in [0, 0.1) is 0 Å². The lowest BCUT2D eigenvalue weighted by Crippen LogP contribution is -1.88. The molecule has 3 rings (SSSR count). The topological polar surface area (TPSA) is 42.4 Å². The summed E-state index contributed by atoms with van der Waals surface area (Å²) in [4.78, 5) is 4.52. The Balaban J connectivity index is 2.23.